The first-order valence-corrected chi connectivity index (χ1v) is 9.02. The number of amides is 1. The Labute approximate surface area is 149 Å². The number of methoxy groups -OCH3 is 2. The van der Waals surface area contributed by atoms with Gasteiger partial charge in [0.2, 0.25) is 0 Å². The Kier molecular flexibility index (Phi) is 6.15. The highest BCUT2D eigenvalue weighted by Gasteiger charge is 2.25. The number of nitrogens with zero attached hydrogens (tertiary/aromatic N) is 1. The molecule has 6 nitrogen and oxygen atoms in total. The number of hydrogen-bond acceptors (Lipinski definition) is 5. The molecule has 1 aromatic carbocycles. The third kappa shape index (κ3) is 4.64. The first-order valence-electron chi connectivity index (χ1n) is 9.02. The zero-order valence-electron chi connectivity index (χ0n) is 15.1. The molecule has 0 unspecified atom stereocenters. The number of likely N-dealkylation sites (tertiary alicyclic amines) is 1. The molecule has 2 aliphatic heterocycles. The van der Waals surface area contributed by atoms with E-state index >= 15 is 0 Å². The summed E-state index contributed by atoms with van der Waals surface area (Å²) < 4.78 is 16.0. The van der Waals surface area contributed by atoms with E-state index in [9.17, 15) is 4.79 Å². The van der Waals surface area contributed by atoms with Crippen molar-refractivity contribution in [2.45, 2.75) is 25.3 Å². The van der Waals surface area contributed by atoms with Crippen molar-refractivity contribution in [3.05, 3.63) is 23.8 Å². The monoisotopic (exact) mass is 348 g/mol. The highest BCUT2D eigenvalue weighted by Crippen LogP contribution is 2.24. The quantitative estimate of drug-likeness (QED) is 0.851. The van der Waals surface area contributed by atoms with E-state index in [2.05, 4.69) is 10.2 Å². The fourth-order valence-corrected chi connectivity index (χ4v) is 3.61. The lowest BCUT2D eigenvalue weighted by molar-refractivity contribution is 0.0900. The summed E-state index contributed by atoms with van der Waals surface area (Å²) in [5.41, 5.74) is 0.521. The maximum Gasteiger partial charge on any atom is 0.255 e. The summed E-state index contributed by atoms with van der Waals surface area (Å²) in [6.07, 6.45) is 3.13. The van der Waals surface area contributed by atoms with Gasteiger partial charge >= 0.3 is 0 Å². The van der Waals surface area contributed by atoms with Gasteiger partial charge < -0.3 is 24.4 Å². The van der Waals surface area contributed by atoms with Crippen molar-refractivity contribution in [1.82, 2.24) is 10.2 Å². The van der Waals surface area contributed by atoms with Crippen LogP contribution in [0, 0.1) is 5.92 Å². The van der Waals surface area contributed by atoms with Gasteiger partial charge in [0.1, 0.15) is 11.5 Å². The molecule has 2 aliphatic rings. The molecule has 0 spiro atoms. The third-order valence-electron chi connectivity index (χ3n) is 5.11. The van der Waals surface area contributed by atoms with Crippen molar-refractivity contribution in [2.75, 3.05) is 47.1 Å². The Hall–Kier alpha value is -1.79. The highest BCUT2D eigenvalue weighted by atomic mass is 16.5. The largest absolute Gasteiger partial charge is 0.497 e. The first kappa shape index (κ1) is 18.0. The lowest BCUT2D eigenvalue weighted by Gasteiger charge is -2.33. The van der Waals surface area contributed by atoms with Crippen LogP contribution in [0.25, 0.3) is 0 Å². The number of ether oxygens (including phenoxy) is 3. The molecule has 1 amide bonds. The minimum atomic E-state index is -0.0987. The molecular formula is C19H28N2O4. The molecular weight excluding hydrogens is 320 g/mol. The van der Waals surface area contributed by atoms with Crippen molar-refractivity contribution >= 4 is 5.91 Å². The SMILES string of the molecule is COc1ccc(OC)c(C(=O)NC2CCN(C[C@@H]3CCOC3)CC2)c1. The second-order valence-corrected chi connectivity index (χ2v) is 6.84. The van der Waals surface area contributed by atoms with Gasteiger partial charge in [-0.25, -0.2) is 0 Å². The van der Waals surface area contributed by atoms with E-state index in [1.807, 2.05) is 0 Å². The Morgan fingerprint density at radius 2 is 2.04 bits per heavy atom. The van der Waals surface area contributed by atoms with Crippen molar-refractivity contribution < 1.29 is 19.0 Å². The molecule has 2 saturated heterocycles. The lowest BCUT2D eigenvalue weighted by Crippen LogP contribution is -2.45. The van der Waals surface area contributed by atoms with Crippen molar-refractivity contribution in [2.24, 2.45) is 5.92 Å². The number of benzene rings is 1. The fraction of sp³-hybridized carbons (Fsp3) is 0.632. The van der Waals surface area contributed by atoms with E-state index in [0.717, 1.165) is 45.7 Å². The zero-order chi connectivity index (χ0) is 17.6. The standard InChI is InChI=1S/C19H28N2O4/c1-23-16-3-4-18(24-2)17(11-16)19(22)20-15-5-8-21(9-6-15)12-14-7-10-25-13-14/h3-4,11,14-15H,5-10,12-13H2,1-2H3,(H,20,22)/t14-/m0/s1. The molecule has 0 aromatic heterocycles. The predicted octanol–water partition coefficient (Wildman–Crippen LogP) is 1.93. The van der Waals surface area contributed by atoms with Crippen LogP contribution in [0.1, 0.15) is 29.6 Å². The van der Waals surface area contributed by atoms with Crippen LogP contribution in [-0.4, -0.2) is 63.9 Å². The van der Waals surface area contributed by atoms with Gasteiger partial charge in [0, 0.05) is 32.3 Å². The number of piperidine rings is 1. The van der Waals surface area contributed by atoms with Crippen molar-refractivity contribution in [3.63, 3.8) is 0 Å². The summed E-state index contributed by atoms with van der Waals surface area (Å²) in [5.74, 6) is 1.79. The number of hydrogen-bond donors (Lipinski definition) is 1. The van der Waals surface area contributed by atoms with E-state index in [1.165, 1.54) is 6.42 Å². The van der Waals surface area contributed by atoms with Gasteiger partial charge in [-0.3, -0.25) is 4.79 Å². The predicted molar refractivity (Wildman–Crippen MR) is 95.4 cm³/mol. The topological polar surface area (TPSA) is 60.0 Å². The van der Waals surface area contributed by atoms with E-state index < -0.39 is 0 Å². The summed E-state index contributed by atoms with van der Waals surface area (Å²) in [7, 11) is 3.17. The molecule has 2 fully saturated rings. The molecule has 1 atom stereocenters. The number of rotatable bonds is 6. The van der Waals surface area contributed by atoms with Crippen LogP contribution < -0.4 is 14.8 Å². The van der Waals surface area contributed by atoms with Gasteiger partial charge in [-0.1, -0.05) is 0 Å². The van der Waals surface area contributed by atoms with E-state index in [4.69, 9.17) is 14.2 Å². The maximum absolute atomic E-state index is 12.6. The van der Waals surface area contributed by atoms with Gasteiger partial charge in [0.15, 0.2) is 0 Å². The number of carbonyl (C=O) groups excluding carboxylic acids is 1. The van der Waals surface area contributed by atoms with E-state index in [1.54, 1.807) is 32.4 Å². The zero-order valence-corrected chi connectivity index (χ0v) is 15.1. The summed E-state index contributed by atoms with van der Waals surface area (Å²) in [6.45, 7) is 4.96. The molecule has 138 valence electrons. The molecule has 0 aliphatic carbocycles. The Bertz CT molecular complexity index is 579. The van der Waals surface area contributed by atoms with Crippen LogP contribution >= 0.6 is 0 Å². The van der Waals surface area contributed by atoms with Gasteiger partial charge in [-0.2, -0.15) is 0 Å². The lowest BCUT2D eigenvalue weighted by atomic mass is 10.0. The van der Waals surface area contributed by atoms with Crippen LogP contribution in [0.4, 0.5) is 0 Å². The summed E-state index contributed by atoms with van der Waals surface area (Å²) in [5, 5.41) is 3.15. The molecule has 3 rings (SSSR count). The average molecular weight is 348 g/mol. The Balaban J connectivity index is 1.52. The van der Waals surface area contributed by atoms with E-state index in [-0.39, 0.29) is 11.9 Å². The first-order chi connectivity index (χ1) is 12.2. The van der Waals surface area contributed by atoms with Crippen molar-refractivity contribution in [1.29, 1.82) is 0 Å². The Morgan fingerprint density at radius 3 is 2.68 bits per heavy atom. The normalized spacial score (nSPS) is 21.9. The second kappa shape index (κ2) is 8.54. The minimum absolute atomic E-state index is 0.0987. The van der Waals surface area contributed by atoms with E-state index in [0.29, 0.717) is 23.0 Å². The molecule has 1 aromatic rings. The minimum Gasteiger partial charge on any atom is -0.497 e. The summed E-state index contributed by atoms with van der Waals surface area (Å²) in [4.78, 5) is 15.1. The average Bonchev–Trinajstić information content (AvgIpc) is 3.15. The molecule has 25 heavy (non-hydrogen) atoms. The van der Waals surface area contributed by atoms with Gasteiger partial charge in [-0.15, -0.1) is 0 Å². The van der Waals surface area contributed by atoms with Crippen LogP contribution in [0.5, 0.6) is 11.5 Å². The maximum atomic E-state index is 12.6. The fourth-order valence-electron chi connectivity index (χ4n) is 3.61. The third-order valence-corrected chi connectivity index (χ3v) is 5.11. The van der Waals surface area contributed by atoms with Gasteiger partial charge in [-0.05, 0) is 43.4 Å². The summed E-state index contributed by atoms with van der Waals surface area (Å²) in [6, 6.07) is 5.49. The molecule has 0 radical (unpaired) electrons. The molecule has 1 N–H and O–H groups in total. The van der Waals surface area contributed by atoms with Crippen LogP contribution in [-0.2, 0) is 4.74 Å². The van der Waals surface area contributed by atoms with Gasteiger partial charge in [0.05, 0.1) is 26.4 Å². The van der Waals surface area contributed by atoms with Gasteiger partial charge in [0.25, 0.3) is 5.91 Å². The second-order valence-electron chi connectivity index (χ2n) is 6.84. The summed E-state index contributed by atoms with van der Waals surface area (Å²) >= 11 is 0. The number of nitrogens with one attached hydrogen (secondary N) is 1. The molecule has 6 heteroatoms. The molecule has 0 saturated carbocycles. The van der Waals surface area contributed by atoms with Crippen LogP contribution in [0.3, 0.4) is 0 Å². The highest BCUT2D eigenvalue weighted by molar-refractivity contribution is 5.97. The van der Waals surface area contributed by atoms with Crippen LogP contribution in [0.15, 0.2) is 18.2 Å². The van der Waals surface area contributed by atoms with Crippen LogP contribution in [0.2, 0.25) is 0 Å². The number of carbonyl (C=O) groups is 1. The Morgan fingerprint density at radius 1 is 1.24 bits per heavy atom. The van der Waals surface area contributed by atoms with Crippen molar-refractivity contribution in [3.8, 4) is 11.5 Å². The molecule has 2 heterocycles. The molecule has 0 bridgehead atoms. The smallest absolute Gasteiger partial charge is 0.255 e.